The van der Waals surface area contributed by atoms with Crippen LogP contribution in [0.5, 0.6) is 0 Å². The van der Waals surface area contributed by atoms with E-state index in [0.717, 1.165) is 80.9 Å². The molecule has 8 heteroatoms. The molecule has 5 rings (SSSR count). The second kappa shape index (κ2) is 14.5. The van der Waals surface area contributed by atoms with Crippen molar-refractivity contribution in [2.45, 2.75) is 63.8 Å². The minimum Gasteiger partial charge on any atom is -0.381 e. The summed E-state index contributed by atoms with van der Waals surface area (Å²) in [5, 5.41) is 7.81. The van der Waals surface area contributed by atoms with Crippen LogP contribution in [0, 0.1) is 11.8 Å². The Kier molecular flexibility index (Phi) is 11.1. The second-order valence-corrected chi connectivity index (χ2v) is 11.0. The van der Waals surface area contributed by atoms with E-state index in [-0.39, 0.29) is 0 Å². The van der Waals surface area contributed by atoms with Crippen LogP contribution in [0.3, 0.4) is 0 Å². The highest BCUT2D eigenvalue weighted by atomic mass is 35.5. The molecular formula is C28H40Cl2N4O2. The molecule has 1 aliphatic carbocycles. The standard InChI is InChI=1S/C23H29Cl2N3O.C5H11NO/c24-20-6-7-22(27-14-17-8-10-29-11-9-17)28-23(20)19-13-18(26-15-21(19)25)12-16-4-2-1-3-5-16;1-6-5-2-3-7-4-5/h6-7,13,15-17H,1-5,8-12,14H2,(H,27,28);5-6H,2-4H2,1H3. The van der Waals surface area contributed by atoms with Gasteiger partial charge in [0, 0.05) is 49.9 Å². The smallest absolute Gasteiger partial charge is 0.126 e. The zero-order valence-corrected chi connectivity index (χ0v) is 22.9. The number of pyridine rings is 2. The van der Waals surface area contributed by atoms with Gasteiger partial charge in [0.1, 0.15) is 5.82 Å². The van der Waals surface area contributed by atoms with Crippen molar-refractivity contribution in [2.75, 3.05) is 45.3 Å². The summed E-state index contributed by atoms with van der Waals surface area (Å²) in [6, 6.07) is 6.53. The summed E-state index contributed by atoms with van der Waals surface area (Å²) in [5.74, 6) is 2.18. The minimum atomic E-state index is 0.591. The lowest BCUT2D eigenvalue weighted by molar-refractivity contribution is 0.0699. The van der Waals surface area contributed by atoms with E-state index in [1.807, 2.05) is 19.2 Å². The number of hydrogen-bond donors (Lipinski definition) is 2. The van der Waals surface area contributed by atoms with Gasteiger partial charge in [-0.2, -0.15) is 0 Å². The predicted octanol–water partition coefficient (Wildman–Crippen LogP) is 6.41. The van der Waals surface area contributed by atoms with Crippen LogP contribution in [0.25, 0.3) is 11.3 Å². The fourth-order valence-corrected chi connectivity index (χ4v) is 5.55. The summed E-state index contributed by atoms with van der Waals surface area (Å²) in [7, 11) is 1.97. The molecule has 0 radical (unpaired) electrons. The van der Waals surface area contributed by atoms with Crippen LogP contribution < -0.4 is 10.6 Å². The lowest BCUT2D eigenvalue weighted by Gasteiger charge is -2.22. The molecule has 3 fully saturated rings. The van der Waals surface area contributed by atoms with Gasteiger partial charge in [0.25, 0.3) is 0 Å². The van der Waals surface area contributed by atoms with Gasteiger partial charge in [-0.05, 0) is 62.8 Å². The van der Waals surface area contributed by atoms with Crippen LogP contribution in [0.2, 0.25) is 10.0 Å². The monoisotopic (exact) mass is 534 g/mol. The Hall–Kier alpha value is -1.44. The third-order valence-corrected chi connectivity index (χ3v) is 8.09. The highest BCUT2D eigenvalue weighted by molar-refractivity contribution is 6.36. The van der Waals surface area contributed by atoms with E-state index < -0.39 is 0 Å². The van der Waals surface area contributed by atoms with Gasteiger partial charge in [-0.1, -0.05) is 55.3 Å². The quantitative estimate of drug-likeness (QED) is 0.427. The number of aromatic nitrogens is 2. The number of likely N-dealkylation sites (N-methyl/N-ethyl adjacent to an activating group) is 1. The number of hydrogen-bond acceptors (Lipinski definition) is 6. The first-order valence-corrected chi connectivity index (χ1v) is 14.3. The highest BCUT2D eigenvalue weighted by Gasteiger charge is 2.18. The van der Waals surface area contributed by atoms with Crippen LogP contribution in [-0.2, 0) is 15.9 Å². The maximum absolute atomic E-state index is 6.51. The van der Waals surface area contributed by atoms with Crippen molar-refractivity contribution in [1.82, 2.24) is 15.3 Å². The van der Waals surface area contributed by atoms with Gasteiger partial charge < -0.3 is 20.1 Å². The van der Waals surface area contributed by atoms with Crippen molar-refractivity contribution in [3.05, 3.63) is 40.1 Å². The summed E-state index contributed by atoms with van der Waals surface area (Å²) in [6.07, 6.45) is 12.7. The highest BCUT2D eigenvalue weighted by Crippen LogP contribution is 2.34. The van der Waals surface area contributed by atoms with E-state index in [0.29, 0.717) is 22.0 Å². The molecule has 0 bridgehead atoms. The maximum Gasteiger partial charge on any atom is 0.126 e. The number of nitrogens with zero attached hydrogens (tertiary/aromatic N) is 2. The zero-order valence-electron chi connectivity index (χ0n) is 21.4. The Morgan fingerprint density at radius 1 is 0.917 bits per heavy atom. The van der Waals surface area contributed by atoms with E-state index in [9.17, 15) is 0 Å². The van der Waals surface area contributed by atoms with Crippen LogP contribution in [0.4, 0.5) is 5.82 Å². The van der Waals surface area contributed by atoms with Crippen molar-refractivity contribution in [3.63, 3.8) is 0 Å². The SMILES string of the molecule is CNC1CCOC1.Clc1cnc(CC2CCCCC2)cc1-c1nc(NCC2CCOCC2)ccc1Cl. The van der Waals surface area contributed by atoms with Gasteiger partial charge in [-0.15, -0.1) is 0 Å². The molecule has 1 atom stereocenters. The summed E-state index contributed by atoms with van der Waals surface area (Å²) < 4.78 is 10.5. The van der Waals surface area contributed by atoms with E-state index >= 15 is 0 Å². The topological polar surface area (TPSA) is 68.3 Å². The molecule has 2 N–H and O–H groups in total. The van der Waals surface area contributed by atoms with Crippen molar-refractivity contribution in [2.24, 2.45) is 11.8 Å². The molecule has 198 valence electrons. The maximum atomic E-state index is 6.51. The molecule has 6 nitrogen and oxygen atoms in total. The molecule has 2 aliphatic heterocycles. The molecule has 36 heavy (non-hydrogen) atoms. The van der Waals surface area contributed by atoms with E-state index in [1.54, 1.807) is 6.20 Å². The number of anilines is 1. The molecule has 1 saturated carbocycles. The molecule has 2 saturated heterocycles. The molecule has 0 amide bonds. The first-order chi connectivity index (χ1) is 17.6. The van der Waals surface area contributed by atoms with Crippen LogP contribution in [-0.4, -0.2) is 56.0 Å². The summed E-state index contributed by atoms with van der Waals surface area (Å²) in [4.78, 5) is 9.37. The van der Waals surface area contributed by atoms with E-state index in [4.69, 9.17) is 37.7 Å². The number of halogens is 2. The first kappa shape index (κ1) is 27.6. The Bertz CT molecular complexity index is 943. The van der Waals surface area contributed by atoms with E-state index in [2.05, 4.69) is 21.7 Å². The number of ether oxygens (including phenoxy) is 2. The fourth-order valence-electron chi connectivity index (χ4n) is 5.15. The lowest BCUT2D eigenvalue weighted by atomic mass is 9.86. The first-order valence-electron chi connectivity index (χ1n) is 13.5. The van der Waals surface area contributed by atoms with Crippen molar-refractivity contribution in [3.8, 4) is 11.3 Å². The predicted molar refractivity (Wildman–Crippen MR) is 148 cm³/mol. The number of nitrogens with one attached hydrogen (secondary N) is 2. The summed E-state index contributed by atoms with van der Waals surface area (Å²) >= 11 is 13.0. The van der Waals surface area contributed by atoms with Crippen molar-refractivity contribution in [1.29, 1.82) is 0 Å². The van der Waals surface area contributed by atoms with Crippen LogP contribution >= 0.6 is 23.2 Å². The number of rotatable bonds is 7. The average molecular weight is 536 g/mol. The fraction of sp³-hybridized carbons (Fsp3) is 0.643. The molecular weight excluding hydrogens is 495 g/mol. The third kappa shape index (κ3) is 8.29. The molecule has 0 spiro atoms. The minimum absolute atomic E-state index is 0.591. The third-order valence-electron chi connectivity index (χ3n) is 7.49. The van der Waals surface area contributed by atoms with Crippen molar-refractivity contribution >= 4 is 29.0 Å². The molecule has 1 unspecified atom stereocenters. The Labute approximate surface area is 225 Å². The molecule has 2 aromatic rings. The molecule has 4 heterocycles. The largest absolute Gasteiger partial charge is 0.381 e. The lowest BCUT2D eigenvalue weighted by Crippen LogP contribution is -2.24. The van der Waals surface area contributed by atoms with Gasteiger partial charge >= 0.3 is 0 Å². The molecule has 2 aromatic heterocycles. The van der Waals surface area contributed by atoms with Gasteiger partial charge in [-0.25, -0.2) is 4.98 Å². The Morgan fingerprint density at radius 2 is 1.69 bits per heavy atom. The van der Waals surface area contributed by atoms with Gasteiger partial charge in [0.2, 0.25) is 0 Å². The van der Waals surface area contributed by atoms with Crippen LogP contribution in [0.15, 0.2) is 24.4 Å². The van der Waals surface area contributed by atoms with Crippen LogP contribution in [0.1, 0.15) is 57.1 Å². The summed E-state index contributed by atoms with van der Waals surface area (Å²) in [5.41, 5.74) is 2.67. The second-order valence-electron chi connectivity index (χ2n) is 10.2. The normalized spacial score (nSPS) is 21.1. The zero-order chi connectivity index (χ0) is 25.2. The molecule has 3 aliphatic rings. The van der Waals surface area contributed by atoms with Gasteiger partial charge in [0.15, 0.2) is 0 Å². The molecule has 0 aromatic carbocycles. The van der Waals surface area contributed by atoms with E-state index in [1.165, 1.54) is 38.5 Å². The Morgan fingerprint density at radius 3 is 2.39 bits per heavy atom. The Balaban J connectivity index is 0.000000375. The van der Waals surface area contributed by atoms with Crippen molar-refractivity contribution < 1.29 is 9.47 Å². The summed E-state index contributed by atoms with van der Waals surface area (Å²) in [6.45, 7) is 4.43. The van der Waals surface area contributed by atoms with Gasteiger partial charge in [-0.3, -0.25) is 4.98 Å². The average Bonchev–Trinajstić information content (AvgIpc) is 3.45. The van der Waals surface area contributed by atoms with Gasteiger partial charge in [0.05, 0.1) is 22.3 Å².